The van der Waals surface area contributed by atoms with Crippen LogP contribution in [0.25, 0.3) is 0 Å². The van der Waals surface area contributed by atoms with Crippen molar-refractivity contribution < 1.29 is 23.5 Å². The summed E-state index contributed by atoms with van der Waals surface area (Å²) < 4.78 is 18.1. The highest BCUT2D eigenvalue weighted by molar-refractivity contribution is 5.95. The Morgan fingerprint density at radius 1 is 1.18 bits per heavy atom. The summed E-state index contributed by atoms with van der Waals surface area (Å²) in [6, 6.07) is 14.8. The van der Waals surface area contributed by atoms with Gasteiger partial charge in [0.05, 0.1) is 5.92 Å². The summed E-state index contributed by atoms with van der Waals surface area (Å²) in [4.78, 5) is 38.3. The topological polar surface area (TPSA) is 75.7 Å². The first-order chi connectivity index (χ1) is 13.4. The predicted molar refractivity (Wildman–Crippen MR) is 101 cm³/mol. The summed E-state index contributed by atoms with van der Waals surface area (Å²) in [5, 5.41) is 2.55. The molecule has 1 aliphatic rings. The minimum absolute atomic E-state index is 0.0674. The van der Waals surface area contributed by atoms with Crippen LogP contribution in [0.15, 0.2) is 54.6 Å². The molecular weight excluding hydrogens is 363 g/mol. The van der Waals surface area contributed by atoms with Crippen molar-refractivity contribution in [3.05, 3.63) is 66.0 Å². The second kappa shape index (κ2) is 8.65. The van der Waals surface area contributed by atoms with Gasteiger partial charge in [0.25, 0.3) is 5.91 Å². The summed E-state index contributed by atoms with van der Waals surface area (Å²) in [5.74, 6) is -2.23. The van der Waals surface area contributed by atoms with E-state index in [4.69, 9.17) is 4.74 Å². The van der Waals surface area contributed by atoms with E-state index in [9.17, 15) is 18.8 Å². The fourth-order valence-electron chi connectivity index (χ4n) is 2.99. The number of likely N-dealkylation sites (tertiary alicyclic amines) is 1. The second-order valence-electron chi connectivity index (χ2n) is 6.74. The molecule has 0 bridgehead atoms. The Hall–Kier alpha value is -3.22. The number of benzene rings is 2. The molecule has 6 nitrogen and oxygen atoms in total. The molecule has 3 rings (SSSR count). The largest absolute Gasteiger partial charge is 0.452 e. The van der Waals surface area contributed by atoms with Gasteiger partial charge < -0.3 is 15.0 Å². The zero-order valence-electron chi connectivity index (χ0n) is 15.4. The molecule has 0 unspecified atom stereocenters. The van der Waals surface area contributed by atoms with E-state index >= 15 is 0 Å². The van der Waals surface area contributed by atoms with Crippen LogP contribution in [0.5, 0.6) is 0 Å². The molecule has 2 aromatic rings. The number of carbonyl (C=O) groups excluding carboxylic acids is 3. The molecule has 0 aromatic heterocycles. The summed E-state index contributed by atoms with van der Waals surface area (Å²) in [5.41, 5.74) is 1.39. The predicted octanol–water partition coefficient (Wildman–Crippen LogP) is 2.74. The Kier molecular flexibility index (Phi) is 6.03. The van der Waals surface area contributed by atoms with Crippen LogP contribution in [0.1, 0.15) is 18.9 Å². The van der Waals surface area contributed by atoms with Crippen molar-refractivity contribution in [2.24, 2.45) is 5.92 Å². The van der Waals surface area contributed by atoms with Crippen LogP contribution in [0, 0.1) is 11.7 Å². The van der Waals surface area contributed by atoms with Gasteiger partial charge in [-0.3, -0.25) is 14.4 Å². The number of ether oxygens (including phenoxy) is 1. The molecule has 1 fully saturated rings. The summed E-state index contributed by atoms with van der Waals surface area (Å²) >= 11 is 0. The number of carbonyl (C=O) groups is 3. The Balaban J connectivity index is 1.51. The number of nitrogens with zero attached hydrogens (tertiary/aromatic N) is 1. The third kappa shape index (κ3) is 4.94. The highest BCUT2D eigenvalue weighted by atomic mass is 19.1. The van der Waals surface area contributed by atoms with Crippen molar-refractivity contribution >= 4 is 23.5 Å². The Morgan fingerprint density at radius 2 is 1.86 bits per heavy atom. The van der Waals surface area contributed by atoms with Crippen LogP contribution in [0.4, 0.5) is 10.1 Å². The smallest absolute Gasteiger partial charge is 0.312 e. The molecule has 1 heterocycles. The number of halogens is 1. The fraction of sp³-hybridized carbons (Fsp3) is 0.286. The Morgan fingerprint density at radius 3 is 2.54 bits per heavy atom. The van der Waals surface area contributed by atoms with Gasteiger partial charge in [0, 0.05) is 25.2 Å². The van der Waals surface area contributed by atoms with Gasteiger partial charge in [0.1, 0.15) is 5.82 Å². The van der Waals surface area contributed by atoms with Crippen molar-refractivity contribution in [3.63, 3.8) is 0 Å². The average molecular weight is 384 g/mol. The van der Waals surface area contributed by atoms with E-state index in [1.54, 1.807) is 4.90 Å². The summed E-state index contributed by atoms with van der Waals surface area (Å²) in [6.45, 7) is 2.15. The average Bonchev–Trinajstić information content (AvgIpc) is 3.05. The minimum Gasteiger partial charge on any atom is -0.452 e. The molecule has 1 N–H and O–H groups in total. The fourth-order valence-corrected chi connectivity index (χ4v) is 2.99. The molecule has 0 aliphatic carbocycles. The Bertz CT molecular complexity index is 854. The van der Waals surface area contributed by atoms with Crippen LogP contribution < -0.4 is 5.32 Å². The number of nitrogens with one attached hydrogen (secondary N) is 1. The molecule has 28 heavy (non-hydrogen) atoms. The van der Waals surface area contributed by atoms with Gasteiger partial charge in [0.2, 0.25) is 5.91 Å². The quantitative estimate of drug-likeness (QED) is 0.777. The molecule has 2 atom stereocenters. The van der Waals surface area contributed by atoms with Crippen molar-refractivity contribution in [2.45, 2.75) is 26.0 Å². The van der Waals surface area contributed by atoms with Crippen molar-refractivity contribution in [1.82, 2.24) is 4.90 Å². The summed E-state index contributed by atoms with van der Waals surface area (Å²) in [7, 11) is 0. The van der Waals surface area contributed by atoms with Crippen LogP contribution in [-0.4, -0.2) is 35.3 Å². The minimum atomic E-state index is -1.03. The number of hydrogen-bond acceptors (Lipinski definition) is 4. The van der Waals surface area contributed by atoms with Crippen LogP contribution in [0.2, 0.25) is 0 Å². The first kappa shape index (κ1) is 19.5. The maximum Gasteiger partial charge on any atom is 0.312 e. The SMILES string of the molecule is C[C@H](OC(=O)[C@@H]1CC(=O)N(Cc2ccccc2)C1)C(=O)Nc1ccc(F)cc1. The lowest BCUT2D eigenvalue weighted by molar-refractivity contribution is -0.157. The molecule has 1 saturated heterocycles. The van der Waals surface area contributed by atoms with E-state index in [1.165, 1.54) is 31.2 Å². The highest BCUT2D eigenvalue weighted by Gasteiger charge is 2.36. The van der Waals surface area contributed by atoms with E-state index < -0.39 is 29.7 Å². The van der Waals surface area contributed by atoms with Crippen LogP contribution in [0.3, 0.4) is 0 Å². The zero-order valence-corrected chi connectivity index (χ0v) is 15.4. The van der Waals surface area contributed by atoms with Crippen molar-refractivity contribution in [3.8, 4) is 0 Å². The molecule has 0 saturated carbocycles. The molecule has 0 spiro atoms. The van der Waals surface area contributed by atoms with E-state index in [1.807, 2.05) is 30.3 Å². The maximum atomic E-state index is 12.9. The van der Waals surface area contributed by atoms with Crippen LogP contribution in [-0.2, 0) is 25.7 Å². The molecule has 1 aliphatic heterocycles. The lowest BCUT2D eigenvalue weighted by atomic mass is 10.1. The van der Waals surface area contributed by atoms with Gasteiger partial charge in [-0.1, -0.05) is 30.3 Å². The first-order valence-electron chi connectivity index (χ1n) is 9.01. The van der Waals surface area contributed by atoms with Gasteiger partial charge >= 0.3 is 5.97 Å². The van der Waals surface area contributed by atoms with Gasteiger partial charge in [0.15, 0.2) is 6.10 Å². The standard InChI is InChI=1S/C21H21FN2O4/c1-14(20(26)23-18-9-7-17(22)8-10-18)28-21(27)16-11-19(25)24(13-16)12-15-5-3-2-4-6-15/h2-10,14,16H,11-13H2,1H3,(H,23,26)/t14-,16+/m0/s1. The van der Waals surface area contributed by atoms with Gasteiger partial charge in [-0.2, -0.15) is 0 Å². The third-order valence-electron chi connectivity index (χ3n) is 4.54. The molecule has 2 amide bonds. The van der Waals surface area contributed by atoms with E-state index in [2.05, 4.69) is 5.32 Å². The molecule has 7 heteroatoms. The number of esters is 1. The first-order valence-corrected chi connectivity index (χ1v) is 9.01. The van der Waals surface area contributed by atoms with Gasteiger partial charge in [-0.25, -0.2) is 4.39 Å². The molecule has 2 aromatic carbocycles. The van der Waals surface area contributed by atoms with Crippen LogP contribution >= 0.6 is 0 Å². The number of anilines is 1. The monoisotopic (exact) mass is 384 g/mol. The summed E-state index contributed by atoms with van der Waals surface area (Å²) in [6.07, 6.45) is -0.964. The van der Waals surface area contributed by atoms with Gasteiger partial charge in [-0.05, 0) is 36.8 Å². The molecular formula is C21H21FN2O4. The number of rotatable bonds is 6. The van der Waals surface area contributed by atoms with E-state index in [-0.39, 0.29) is 18.9 Å². The van der Waals surface area contributed by atoms with Gasteiger partial charge in [-0.15, -0.1) is 0 Å². The van der Waals surface area contributed by atoms with E-state index in [0.717, 1.165) is 5.56 Å². The second-order valence-corrected chi connectivity index (χ2v) is 6.74. The number of amides is 2. The molecule has 146 valence electrons. The zero-order chi connectivity index (χ0) is 20.1. The maximum absolute atomic E-state index is 12.9. The van der Waals surface area contributed by atoms with Crippen molar-refractivity contribution in [2.75, 3.05) is 11.9 Å². The number of hydrogen-bond donors (Lipinski definition) is 1. The third-order valence-corrected chi connectivity index (χ3v) is 4.54. The highest BCUT2D eigenvalue weighted by Crippen LogP contribution is 2.22. The Labute approximate surface area is 162 Å². The lowest BCUT2D eigenvalue weighted by Crippen LogP contribution is -2.33. The van der Waals surface area contributed by atoms with Crippen molar-refractivity contribution in [1.29, 1.82) is 0 Å². The normalized spacial score (nSPS) is 17.3. The molecule has 0 radical (unpaired) electrons. The lowest BCUT2D eigenvalue weighted by Gasteiger charge is -2.18. The van der Waals surface area contributed by atoms with E-state index in [0.29, 0.717) is 12.2 Å².